The molecule has 1 aliphatic rings. The van der Waals surface area contributed by atoms with Crippen molar-refractivity contribution in [1.29, 1.82) is 0 Å². The minimum absolute atomic E-state index is 0.0661. The first-order valence-electron chi connectivity index (χ1n) is 5.72. The third kappa shape index (κ3) is 2.59. The fraction of sp³-hybridized carbons (Fsp3) is 0.538. The lowest BCUT2D eigenvalue weighted by molar-refractivity contribution is 0.115. The summed E-state index contributed by atoms with van der Waals surface area (Å²) in [6.07, 6.45) is 0.927. The van der Waals surface area contributed by atoms with Gasteiger partial charge in [0, 0.05) is 28.5 Å². The summed E-state index contributed by atoms with van der Waals surface area (Å²) in [7, 11) is 0. The first kappa shape index (κ1) is 13.1. The highest BCUT2D eigenvalue weighted by atomic mass is 35.5. The monoisotopic (exact) mass is 275 g/mol. The minimum Gasteiger partial charge on any atom is -0.309 e. The number of alkyl halides is 1. The Labute approximate surface area is 111 Å². The lowest BCUT2D eigenvalue weighted by Crippen LogP contribution is -2.57. The van der Waals surface area contributed by atoms with E-state index in [2.05, 4.69) is 19.2 Å². The zero-order valence-corrected chi connectivity index (χ0v) is 11.4. The first-order chi connectivity index (χ1) is 7.91. The van der Waals surface area contributed by atoms with Crippen LogP contribution >= 0.6 is 23.2 Å². The molecule has 0 saturated heterocycles. The van der Waals surface area contributed by atoms with Crippen LogP contribution in [0.4, 0.5) is 4.39 Å². The Morgan fingerprint density at radius 1 is 1.47 bits per heavy atom. The second-order valence-corrected chi connectivity index (χ2v) is 6.16. The molecule has 1 aromatic rings. The molecule has 0 bridgehead atoms. The fourth-order valence-corrected chi connectivity index (χ4v) is 2.66. The van der Waals surface area contributed by atoms with Gasteiger partial charge in [0.15, 0.2) is 0 Å². The predicted octanol–water partition coefficient (Wildman–Crippen LogP) is 3.97. The molecule has 2 atom stereocenters. The number of nitrogens with one attached hydrogen (secondary N) is 1. The van der Waals surface area contributed by atoms with Crippen LogP contribution in [0.1, 0.15) is 25.8 Å². The third-order valence-electron chi connectivity index (χ3n) is 3.69. The molecule has 0 amide bonds. The van der Waals surface area contributed by atoms with Gasteiger partial charge in [0.25, 0.3) is 0 Å². The largest absolute Gasteiger partial charge is 0.309 e. The second kappa shape index (κ2) is 4.75. The number of benzene rings is 1. The maximum atomic E-state index is 13.5. The molecule has 1 nitrogen and oxygen atoms in total. The van der Waals surface area contributed by atoms with Gasteiger partial charge in [0.05, 0.1) is 0 Å². The molecule has 0 spiro atoms. The van der Waals surface area contributed by atoms with E-state index in [0.717, 1.165) is 6.42 Å². The van der Waals surface area contributed by atoms with Crippen LogP contribution < -0.4 is 5.32 Å². The molecule has 1 aliphatic carbocycles. The Kier molecular flexibility index (Phi) is 3.67. The molecule has 0 aromatic heterocycles. The van der Waals surface area contributed by atoms with Gasteiger partial charge in [0.2, 0.25) is 0 Å². The SMILES string of the molecule is CC1(C)C(Cl)CC1NCc1cc(Cl)ccc1F. The zero-order valence-electron chi connectivity index (χ0n) is 9.93. The highest BCUT2D eigenvalue weighted by Gasteiger charge is 2.46. The first-order valence-corrected chi connectivity index (χ1v) is 6.54. The Balaban J connectivity index is 1.97. The van der Waals surface area contributed by atoms with E-state index >= 15 is 0 Å². The normalized spacial score (nSPS) is 26.6. The average Bonchev–Trinajstić information content (AvgIpc) is 2.28. The molecule has 17 heavy (non-hydrogen) atoms. The molecular formula is C13H16Cl2FN. The molecule has 0 radical (unpaired) electrons. The summed E-state index contributed by atoms with van der Waals surface area (Å²) in [5, 5.41) is 4.10. The predicted molar refractivity (Wildman–Crippen MR) is 70.1 cm³/mol. The van der Waals surface area contributed by atoms with Gasteiger partial charge in [-0.2, -0.15) is 0 Å². The van der Waals surface area contributed by atoms with Gasteiger partial charge in [0.1, 0.15) is 5.82 Å². The number of halogens is 3. The summed E-state index contributed by atoms with van der Waals surface area (Å²) in [6, 6.07) is 4.95. The average molecular weight is 276 g/mol. The van der Waals surface area contributed by atoms with Crippen molar-refractivity contribution in [2.24, 2.45) is 5.41 Å². The summed E-state index contributed by atoms with van der Waals surface area (Å²) in [5.41, 5.74) is 0.669. The van der Waals surface area contributed by atoms with E-state index in [9.17, 15) is 4.39 Å². The topological polar surface area (TPSA) is 12.0 Å². The van der Waals surface area contributed by atoms with Crippen molar-refractivity contribution in [3.05, 3.63) is 34.6 Å². The van der Waals surface area contributed by atoms with Crippen molar-refractivity contribution < 1.29 is 4.39 Å². The molecule has 94 valence electrons. The van der Waals surface area contributed by atoms with Crippen LogP contribution in [0.2, 0.25) is 5.02 Å². The van der Waals surface area contributed by atoms with Crippen LogP contribution in [-0.4, -0.2) is 11.4 Å². The summed E-state index contributed by atoms with van der Waals surface area (Å²) >= 11 is 12.0. The third-order valence-corrected chi connectivity index (χ3v) is 4.67. The van der Waals surface area contributed by atoms with Gasteiger partial charge >= 0.3 is 0 Å². The Hall–Kier alpha value is -0.310. The molecule has 4 heteroatoms. The van der Waals surface area contributed by atoms with E-state index in [0.29, 0.717) is 23.2 Å². The van der Waals surface area contributed by atoms with Crippen molar-refractivity contribution in [1.82, 2.24) is 5.32 Å². The van der Waals surface area contributed by atoms with Crippen molar-refractivity contribution >= 4 is 23.2 Å². The van der Waals surface area contributed by atoms with Crippen LogP contribution in [0.3, 0.4) is 0 Å². The van der Waals surface area contributed by atoms with E-state index in [1.165, 1.54) is 6.07 Å². The van der Waals surface area contributed by atoms with Gasteiger partial charge in [-0.15, -0.1) is 11.6 Å². The van der Waals surface area contributed by atoms with Crippen LogP contribution in [-0.2, 0) is 6.54 Å². The Bertz CT molecular complexity index is 420. The molecular weight excluding hydrogens is 260 g/mol. The Morgan fingerprint density at radius 3 is 2.76 bits per heavy atom. The van der Waals surface area contributed by atoms with Gasteiger partial charge in [-0.25, -0.2) is 4.39 Å². The van der Waals surface area contributed by atoms with Crippen molar-refractivity contribution in [2.75, 3.05) is 0 Å². The molecule has 1 N–H and O–H groups in total. The van der Waals surface area contributed by atoms with Gasteiger partial charge in [-0.3, -0.25) is 0 Å². The zero-order chi connectivity index (χ0) is 12.6. The summed E-state index contributed by atoms with van der Waals surface area (Å²) in [4.78, 5) is 0. The molecule has 0 aliphatic heterocycles. The molecule has 1 fully saturated rings. The maximum Gasteiger partial charge on any atom is 0.127 e. The molecule has 1 saturated carbocycles. The quantitative estimate of drug-likeness (QED) is 0.823. The lowest BCUT2D eigenvalue weighted by atomic mass is 9.67. The molecule has 1 aromatic carbocycles. The highest BCUT2D eigenvalue weighted by molar-refractivity contribution is 6.30. The maximum absolute atomic E-state index is 13.5. The van der Waals surface area contributed by atoms with Crippen LogP contribution in [0.15, 0.2) is 18.2 Å². The van der Waals surface area contributed by atoms with Crippen molar-refractivity contribution in [3.63, 3.8) is 0 Å². The van der Waals surface area contributed by atoms with Gasteiger partial charge < -0.3 is 5.32 Å². The van der Waals surface area contributed by atoms with Gasteiger partial charge in [-0.1, -0.05) is 25.4 Å². The summed E-state index contributed by atoms with van der Waals surface area (Å²) in [5.74, 6) is -0.221. The van der Waals surface area contributed by atoms with Crippen LogP contribution in [0, 0.1) is 11.2 Å². The molecule has 2 unspecified atom stereocenters. The Morgan fingerprint density at radius 2 is 2.18 bits per heavy atom. The smallest absolute Gasteiger partial charge is 0.127 e. The van der Waals surface area contributed by atoms with Crippen LogP contribution in [0.5, 0.6) is 0 Å². The van der Waals surface area contributed by atoms with E-state index in [1.54, 1.807) is 12.1 Å². The van der Waals surface area contributed by atoms with E-state index in [4.69, 9.17) is 23.2 Å². The highest BCUT2D eigenvalue weighted by Crippen LogP contribution is 2.44. The van der Waals surface area contributed by atoms with E-state index in [1.807, 2.05) is 0 Å². The second-order valence-electron chi connectivity index (χ2n) is 5.19. The number of rotatable bonds is 3. The number of hydrogen-bond donors (Lipinski definition) is 1. The lowest BCUT2D eigenvalue weighted by Gasteiger charge is -2.49. The number of hydrogen-bond acceptors (Lipinski definition) is 1. The van der Waals surface area contributed by atoms with E-state index < -0.39 is 0 Å². The van der Waals surface area contributed by atoms with Crippen LogP contribution in [0.25, 0.3) is 0 Å². The minimum atomic E-state index is -0.221. The standard InChI is InChI=1S/C13H16Cl2FN/c1-13(2)11(15)6-12(13)17-7-8-5-9(14)3-4-10(8)16/h3-5,11-12,17H,6-7H2,1-2H3. The van der Waals surface area contributed by atoms with Crippen molar-refractivity contribution in [2.45, 2.75) is 38.2 Å². The summed E-state index contributed by atoms with van der Waals surface area (Å²) in [6.45, 7) is 4.74. The van der Waals surface area contributed by atoms with Crippen molar-refractivity contribution in [3.8, 4) is 0 Å². The van der Waals surface area contributed by atoms with Gasteiger partial charge in [-0.05, 0) is 30.0 Å². The van der Waals surface area contributed by atoms with E-state index in [-0.39, 0.29) is 16.6 Å². The summed E-state index contributed by atoms with van der Waals surface area (Å²) < 4.78 is 13.5. The fourth-order valence-electron chi connectivity index (χ4n) is 2.13. The molecule has 0 heterocycles. The molecule has 2 rings (SSSR count).